The fourth-order valence-electron chi connectivity index (χ4n) is 3.07. The Labute approximate surface area is 163 Å². The van der Waals surface area contributed by atoms with Crippen LogP contribution in [0.1, 0.15) is 5.56 Å². The minimum atomic E-state index is -0.430. The summed E-state index contributed by atoms with van der Waals surface area (Å²) in [5.41, 5.74) is 2.66. The lowest BCUT2D eigenvalue weighted by Gasteiger charge is -2.14. The number of hydrogen-bond acceptors (Lipinski definition) is 4. The van der Waals surface area contributed by atoms with E-state index in [-0.39, 0.29) is 11.6 Å². The smallest absolute Gasteiger partial charge is 0.295 e. The van der Waals surface area contributed by atoms with Gasteiger partial charge < -0.3 is 0 Å². The summed E-state index contributed by atoms with van der Waals surface area (Å²) >= 11 is 6.48. The summed E-state index contributed by atoms with van der Waals surface area (Å²) in [5, 5.41) is 0. The fourth-order valence-corrected chi connectivity index (χ4v) is 4.37. The van der Waals surface area contributed by atoms with E-state index in [1.807, 2.05) is 18.2 Å². The molecule has 0 N–H and O–H groups in total. The van der Waals surface area contributed by atoms with Crippen LogP contribution in [-0.2, 0) is 18.9 Å². The van der Waals surface area contributed by atoms with Crippen LogP contribution in [0.5, 0.6) is 0 Å². The molecule has 4 rings (SSSR count). The number of benzene rings is 2. The number of halogens is 1. The summed E-state index contributed by atoms with van der Waals surface area (Å²) in [6.45, 7) is 0. The number of rotatable bonds is 2. The molecule has 0 unspecified atom stereocenters. The number of nitrogens with zero attached hydrogens (tertiary/aromatic N) is 3. The molecule has 1 aromatic heterocycles. The molecule has 0 saturated carbocycles. The maximum atomic E-state index is 13.5. The number of aromatic nitrogens is 2. The Balaban J connectivity index is 1.74. The van der Waals surface area contributed by atoms with E-state index < -0.39 is 5.82 Å². The first-order valence-corrected chi connectivity index (χ1v) is 9.28. The maximum Gasteiger partial charge on any atom is 0.328 e. The van der Waals surface area contributed by atoms with Crippen molar-refractivity contribution in [3.05, 3.63) is 69.2 Å². The predicted octanol–water partition coefficient (Wildman–Crippen LogP) is 3.42. The highest BCUT2D eigenvalue weighted by molar-refractivity contribution is 8.27. The molecule has 1 saturated heterocycles. The zero-order chi connectivity index (χ0) is 19.3. The van der Waals surface area contributed by atoms with E-state index in [0.717, 1.165) is 16.6 Å². The number of amides is 1. The average Bonchev–Trinajstić information content (AvgIpc) is 3.03. The van der Waals surface area contributed by atoms with Gasteiger partial charge in [-0.1, -0.05) is 36.1 Å². The molecule has 2 heterocycles. The van der Waals surface area contributed by atoms with Gasteiger partial charge in [-0.2, -0.15) is 0 Å². The van der Waals surface area contributed by atoms with Crippen molar-refractivity contribution in [2.45, 2.75) is 0 Å². The lowest BCUT2D eigenvalue weighted by atomic mass is 10.1. The first-order valence-electron chi connectivity index (χ1n) is 8.06. The van der Waals surface area contributed by atoms with E-state index in [0.29, 0.717) is 14.9 Å². The van der Waals surface area contributed by atoms with Crippen LogP contribution >= 0.6 is 24.0 Å². The van der Waals surface area contributed by atoms with Crippen molar-refractivity contribution in [2.75, 3.05) is 4.90 Å². The molecule has 8 heteroatoms. The number of aryl methyl sites for hydroxylation is 2. The summed E-state index contributed by atoms with van der Waals surface area (Å²) < 4.78 is 17.0. The Bertz CT molecular complexity index is 1210. The molecule has 3 aromatic rings. The summed E-state index contributed by atoms with van der Waals surface area (Å²) in [4.78, 5) is 26.6. The molecule has 1 aliphatic heterocycles. The number of carbonyl (C=O) groups excluding carboxylic acids is 1. The first kappa shape index (κ1) is 17.7. The summed E-state index contributed by atoms with van der Waals surface area (Å²) in [5.74, 6) is -0.723. The molecule has 1 aliphatic rings. The molecular formula is C19H14FN3O2S2. The topological polar surface area (TPSA) is 47.2 Å². The Hall–Kier alpha value is -2.71. The van der Waals surface area contributed by atoms with Crippen molar-refractivity contribution in [1.29, 1.82) is 0 Å². The Morgan fingerprint density at radius 1 is 1.04 bits per heavy atom. The quantitative estimate of drug-likeness (QED) is 0.489. The van der Waals surface area contributed by atoms with Crippen LogP contribution in [0.2, 0.25) is 0 Å². The largest absolute Gasteiger partial charge is 0.328 e. The average molecular weight is 399 g/mol. The highest BCUT2D eigenvalue weighted by Crippen LogP contribution is 2.36. The lowest BCUT2D eigenvalue weighted by Crippen LogP contribution is -2.27. The number of imidazole rings is 1. The molecule has 1 amide bonds. The summed E-state index contributed by atoms with van der Waals surface area (Å²) in [7, 11) is 3.42. The normalized spacial score (nSPS) is 16.1. The minimum absolute atomic E-state index is 0.112. The third-order valence-electron chi connectivity index (χ3n) is 4.45. The molecule has 27 heavy (non-hydrogen) atoms. The zero-order valence-corrected chi connectivity index (χ0v) is 16.1. The molecule has 1 fully saturated rings. The monoisotopic (exact) mass is 399 g/mol. The number of anilines is 1. The van der Waals surface area contributed by atoms with Gasteiger partial charge in [0.05, 0.1) is 21.6 Å². The number of fused-ring (bicyclic) bond motifs is 1. The van der Waals surface area contributed by atoms with Gasteiger partial charge in [-0.3, -0.25) is 18.8 Å². The fraction of sp³-hybridized carbons (Fsp3) is 0.105. The van der Waals surface area contributed by atoms with Gasteiger partial charge >= 0.3 is 5.69 Å². The van der Waals surface area contributed by atoms with Crippen LogP contribution in [-0.4, -0.2) is 19.4 Å². The minimum Gasteiger partial charge on any atom is -0.295 e. The maximum absolute atomic E-state index is 13.5. The molecular weight excluding hydrogens is 385 g/mol. The van der Waals surface area contributed by atoms with E-state index in [4.69, 9.17) is 12.2 Å². The number of hydrogen-bond donors (Lipinski definition) is 0. The molecule has 0 atom stereocenters. The Morgan fingerprint density at radius 2 is 1.78 bits per heavy atom. The lowest BCUT2D eigenvalue weighted by molar-refractivity contribution is -0.113. The van der Waals surface area contributed by atoms with Gasteiger partial charge in [-0.05, 0) is 42.0 Å². The summed E-state index contributed by atoms with van der Waals surface area (Å²) in [6.07, 6.45) is 1.73. The van der Waals surface area contributed by atoms with E-state index in [2.05, 4.69) is 0 Å². The van der Waals surface area contributed by atoms with Crippen molar-refractivity contribution in [2.24, 2.45) is 14.1 Å². The van der Waals surface area contributed by atoms with Crippen LogP contribution in [0.15, 0.2) is 52.2 Å². The van der Waals surface area contributed by atoms with E-state index in [9.17, 15) is 14.0 Å². The van der Waals surface area contributed by atoms with Gasteiger partial charge in [0.1, 0.15) is 5.82 Å². The molecule has 5 nitrogen and oxygen atoms in total. The third-order valence-corrected chi connectivity index (χ3v) is 5.76. The molecule has 136 valence electrons. The van der Waals surface area contributed by atoms with Crippen LogP contribution < -0.4 is 10.6 Å². The van der Waals surface area contributed by atoms with Gasteiger partial charge in [-0.25, -0.2) is 9.18 Å². The van der Waals surface area contributed by atoms with Crippen LogP contribution in [0, 0.1) is 5.82 Å². The van der Waals surface area contributed by atoms with Crippen LogP contribution in [0.25, 0.3) is 17.1 Å². The summed E-state index contributed by atoms with van der Waals surface area (Å²) in [6, 6.07) is 11.3. The molecule has 0 spiro atoms. The van der Waals surface area contributed by atoms with Crippen molar-refractivity contribution in [1.82, 2.24) is 9.13 Å². The second kappa shape index (κ2) is 6.47. The standard InChI is InChI=1S/C19H14FN3O2S2/c1-21-14-7-6-11(8-15(14)22(2)18(21)25)9-16-17(24)23(19(26)27-16)13-5-3-4-12(20)10-13/h3-10H,1-2H3/b16-9+. The highest BCUT2D eigenvalue weighted by Gasteiger charge is 2.33. The van der Waals surface area contributed by atoms with Gasteiger partial charge in [0.15, 0.2) is 4.32 Å². The van der Waals surface area contributed by atoms with Gasteiger partial charge in [0, 0.05) is 14.1 Å². The van der Waals surface area contributed by atoms with Crippen molar-refractivity contribution in [3.8, 4) is 0 Å². The second-order valence-corrected chi connectivity index (χ2v) is 7.82. The number of thiocarbonyl (C=S) groups is 1. The molecule has 0 aliphatic carbocycles. The van der Waals surface area contributed by atoms with Crippen molar-refractivity contribution >= 4 is 57.0 Å². The first-order chi connectivity index (χ1) is 12.9. The van der Waals surface area contributed by atoms with Gasteiger partial charge in [-0.15, -0.1) is 0 Å². The predicted molar refractivity (Wildman–Crippen MR) is 110 cm³/mol. The third kappa shape index (κ3) is 2.90. The van der Waals surface area contributed by atoms with Gasteiger partial charge in [0.2, 0.25) is 0 Å². The van der Waals surface area contributed by atoms with Crippen LogP contribution in [0.3, 0.4) is 0 Å². The Morgan fingerprint density at radius 3 is 2.52 bits per heavy atom. The van der Waals surface area contributed by atoms with E-state index in [1.165, 1.54) is 34.9 Å². The molecule has 2 aromatic carbocycles. The Kier molecular flexibility index (Phi) is 4.24. The van der Waals surface area contributed by atoms with Crippen molar-refractivity contribution in [3.63, 3.8) is 0 Å². The SMILES string of the molecule is Cn1c(=O)n(C)c2cc(/C=C3/SC(=S)N(c4cccc(F)c4)C3=O)ccc21. The molecule has 0 bridgehead atoms. The highest BCUT2D eigenvalue weighted by atomic mass is 32.2. The van der Waals surface area contributed by atoms with Crippen molar-refractivity contribution < 1.29 is 9.18 Å². The number of carbonyl (C=O) groups is 1. The molecule has 0 radical (unpaired) electrons. The number of thioether (sulfide) groups is 1. The zero-order valence-electron chi connectivity index (χ0n) is 14.5. The van der Waals surface area contributed by atoms with E-state index in [1.54, 1.807) is 35.4 Å². The van der Waals surface area contributed by atoms with E-state index >= 15 is 0 Å². The van der Waals surface area contributed by atoms with Crippen LogP contribution in [0.4, 0.5) is 10.1 Å². The van der Waals surface area contributed by atoms with Gasteiger partial charge in [0.25, 0.3) is 5.91 Å². The second-order valence-electron chi connectivity index (χ2n) is 6.15.